The van der Waals surface area contributed by atoms with Crippen molar-refractivity contribution in [3.05, 3.63) is 103 Å². The predicted molar refractivity (Wildman–Crippen MR) is 176 cm³/mol. The third-order valence-corrected chi connectivity index (χ3v) is 7.63. The van der Waals surface area contributed by atoms with Crippen molar-refractivity contribution in [1.29, 1.82) is 0 Å². The lowest BCUT2D eigenvalue weighted by Crippen LogP contribution is -2.31. The molecule has 0 radical (unpaired) electrons. The van der Waals surface area contributed by atoms with Crippen LogP contribution in [0.5, 0.6) is 17.2 Å². The van der Waals surface area contributed by atoms with Crippen molar-refractivity contribution in [2.45, 2.75) is 83.7 Å². The van der Waals surface area contributed by atoms with Gasteiger partial charge in [-0.2, -0.15) is 0 Å². The van der Waals surface area contributed by atoms with Crippen LogP contribution in [0.15, 0.2) is 97.6 Å². The molecule has 3 atom stereocenters. The van der Waals surface area contributed by atoms with Crippen LogP contribution in [0.2, 0.25) is 0 Å². The van der Waals surface area contributed by atoms with Crippen molar-refractivity contribution >= 4 is 17.9 Å². The van der Waals surface area contributed by atoms with Crippen LogP contribution in [0.3, 0.4) is 0 Å². The molecule has 1 aliphatic heterocycles. The summed E-state index contributed by atoms with van der Waals surface area (Å²) in [5, 5.41) is 0. The fourth-order valence-corrected chi connectivity index (χ4v) is 5.12. The van der Waals surface area contributed by atoms with Crippen LogP contribution in [0, 0.1) is 0 Å². The Morgan fingerprint density at radius 3 is 2.00 bits per heavy atom. The van der Waals surface area contributed by atoms with Crippen molar-refractivity contribution < 1.29 is 38.1 Å². The van der Waals surface area contributed by atoms with Gasteiger partial charge >= 0.3 is 17.9 Å². The molecule has 0 aliphatic carbocycles. The average molecular weight is 627 g/mol. The normalized spacial score (nSPS) is 15.4. The first-order valence-electron chi connectivity index (χ1n) is 15.8. The number of benzene rings is 3. The summed E-state index contributed by atoms with van der Waals surface area (Å²) in [6, 6.07) is 21.3. The Morgan fingerprint density at radius 1 is 0.848 bits per heavy atom. The molecule has 1 fully saturated rings. The number of carbonyl (C=O) groups excluding carboxylic acids is 3. The highest BCUT2D eigenvalue weighted by Gasteiger charge is 2.35. The number of unbranched alkanes of at least 4 members (excludes halogenated alkanes) is 5. The molecule has 1 saturated heterocycles. The molecule has 0 bridgehead atoms. The van der Waals surface area contributed by atoms with Gasteiger partial charge in [0.05, 0.1) is 5.56 Å². The standard InChI is InChI=1S/C38H42O8/c1-5-7-8-9-10-11-12-34(35-25-26(3)37(40)46-35)44-32-23-17-30(18-24-32)38(41)45-33-21-15-29(16-22-33)28-13-19-31(20-14-28)42-27(4)43-36(39)6-2/h6,13-24,27,34-35H,2-3,5,7-12,25H2,1,4H3. The fraction of sp³-hybridized carbons (Fsp3) is 0.342. The van der Waals surface area contributed by atoms with Gasteiger partial charge in [-0.3, -0.25) is 0 Å². The van der Waals surface area contributed by atoms with Crippen LogP contribution in [0.4, 0.5) is 0 Å². The second-order valence-corrected chi connectivity index (χ2v) is 11.3. The minimum absolute atomic E-state index is 0.292. The smallest absolute Gasteiger partial charge is 0.343 e. The highest BCUT2D eigenvalue weighted by Crippen LogP contribution is 2.29. The number of cyclic esters (lactones) is 1. The molecule has 1 heterocycles. The van der Waals surface area contributed by atoms with E-state index in [1.54, 1.807) is 55.5 Å². The molecule has 4 rings (SSSR count). The van der Waals surface area contributed by atoms with Gasteiger partial charge in [0.1, 0.15) is 29.5 Å². The topological polar surface area (TPSA) is 97.4 Å². The Hall–Kier alpha value is -4.85. The van der Waals surface area contributed by atoms with Crippen LogP contribution in [0.25, 0.3) is 11.1 Å². The van der Waals surface area contributed by atoms with Crippen LogP contribution in [-0.2, 0) is 19.1 Å². The third-order valence-electron chi connectivity index (χ3n) is 7.63. The zero-order chi connectivity index (χ0) is 32.9. The lowest BCUT2D eigenvalue weighted by Gasteiger charge is -2.24. The summed E-state index contributed by atoms with van der Waals surface area (Å²) < 4.78 is 28.0. The van der Waals surface area contributed by atoms with Crippen LogP contribution < -0.4 is 14.2 Å². The summed E-state index contributed by atoms with van der Waals surface area (Å²) in [6.45, 7) is 11.0. The summed E-state index contributed by atoms with van der Waals surface area (Å²) in [5.74, 6) is 0.145. The van der Waals surface area contributed by atoms with E-state index in [1.165, 1.54) is 25.7 Å². The second-order valence-electron chi connectivity index (χ2n) is 11.3. The van der Waals surface area contributed by atoms with E-state index in [9.17, 15) is 14.4 Å². The van der Waals surface area contributed by atoms with E-state index >= 15 is 0 Å². The summed E-state index contributed by atoms with van der Waals surface area (Å²) in [6.07, 6.45) is 7.82. The maximum atomic E-state index is 12.9. The first-order valence-corrected chi connectivity index (χ1v) is 15.8. The summed E-state index contributed by atoms with van der Waals surface area (Å²) in [7, 11) is 0. The van der Waals surface area contributed by atoms with Crippen LogP contribution in [-0.4, -0.2) is 36.4 Å². The van der Waals surface area contributed by atoms with Crippen molar-refractivity contribution in [1.82, 2.24) is 0 Å². The molecule has 8 nitrogen and oxygen atoms in total. The first-order chi connectivity index (χ1) is 22.2. The Labute approximate surface area is 271 Å². The number of ether oxygens (including phenoxy) is 5. The molecule has 8 heteroatoms. The molecule has 3 aromatic rings. The Balaban J connectivity index is 1.30. The molecular formula is C38H42O8. The highest BCUT2D eigenvalue weighted by molar-refractivity contribution is 5.91. The van der Waals surface area contributed by atoms with Crippen LogP contribution in [0.1, 0.15) is 75.6 Å². The molecular weight excluding hydrogens is 584 g/mol. The van der Waals surface area contributed by atoms with Gasteiger partial charge in [0.2, 0.25) is 6.29 Å². The quantitative estimate of drug-likeness (QED) is 0.0485. The summed E-state index contributed by atoms with van der Waals surface area (Å²) in [4.78, 5) is 36.2. The molecule has 0 spiro atoms. The van der Waals surface area contributed by atoms with Gasteiger partial charge in [-0.15, -0.1) is 0 Å². The van der Waals surface area contributed by atoms with Gasteiger partial charge in [0.15, 0.2) is 0 Å². The molecule has 1 aliphatic rings. The van der Waals surface area contributed by atoms with Gasteiger partial charge < -0.3 is 23.7 Å². The highest BCUT2D eigenvalue weighted by atomic mass is 16.7. The lowest BCUT2D eigenvalue weighted by atomic mass is 10.0. The molecule has 0 N–H and O–H groups in total. The van der Waals surface area contributed by atoms with Gasteiger partial charge in [-0.05, 0) is 72.5 Å². The Bertz CT molecular complexity index is 1460. The number of esters is 3. The zero-order valence-corrected chi connectivity index (χ0v) is 26.6. The van der Waals surface area contributed by atoms with E-state index < -0.39 is 18.2 Å². The summed E-state index contributed by atoms with van der Waals surface area (Å²) >= 11 is 0. The number of hydrogen-bond donors (Lipinski definition) is 0. The van der Waals surface area contributed by atoms with E-state index in [0.717, 1.165) is 36.5 Å². The monoisotopic (exact) mass is 626 g/mol. The molecule has 0 saturated carbocycles. The number of carbonyl (C=O) groups is 3. The third kappa shape index (κ3) is 10.1. The van der Waals surface area contributed by atoms with Crippen molar-refractivity contribution in [3.63, 3.8) is 0 Å². The van der Waals surface area contributed by atoms with Crippen molar-refractivity contribution in [2.75, 3.05) is 0 Å². The van der Waals surface area contributed by atoms with Crippen LogP contribution >= 0.6 is 0 Å². The lowest BCUT2D eigenvalue weighted by molar-refractivity contribution is -0.155. The van der Waals surface area contributed by atoms with Crippen molar-refractivity contribution in [2.24, 2.45) is 0 Å². The molecule has 46 heavy (non-hydrogen) atoms. The van der Waals surface area contributed by atoms with E-state index in [2.05, 4.69) is 20.1 Å². The average Bonchev–Trinajstić information content (AvgIpc) is 3.40. The molecule has 3 aromatic carbocycles. The molecule has 242 valence electrons. The fourth-order valence-electron chi connectivity index (χ4n) is 5.12. The largest absolute Gasteiger partial charge is 0.487 e. The molecule has 3 unspecified atom stereocenters. The SMILES string of the molecule is C=CC(=O)OC(C)Oc1ccc(-c2ccc(OC(=O)c3ccc(OC(CCCCCCCC)C4CC(=C)C(=O)O4)cc3)cc2)cc1. The van der Waals surface area contributed by atoms with E-state index in [0.29, 0.717) is 34.8 Å². The van der Waals surface area contributed by atoms with E-state index in [4.69, 9.17) is 23.7 Å². The number of rotatable bonds is 17. The van der Waals surface area contributed by atoms with E-state index in [1.807, 2.05) is 24.3 Å². The molecule has 0 amide bonds. The predicted octanol–water partition coefficient (Wildman–Crippen LogP) is 8.40. The van der Waals surface area contributed by atoms with E-state index in [-0.39, 0.29) is 18.2 Å². The summed E-state index contributed by atoms with van der Waals surface area (Å²) in [5.41, 5.74) is 2.71. The van der Waals surface area contributed by atoms with Gasteiger partial charge in [-0.1, -0.05) is 76.5 Å². The maximum Gasteiger partial charge on any atom is 0.343 e. The molecule has 0 aromatic heterocycles. The Morgan fingerprint density at radius 2 is 1.41 bits per heavy atom. The van der Waals surface area contributed by atoms with Crippen molar-refractivity contribution in [3.8, 4) is 28.4 Å². The maximum absolute atomic E-state index is 12.9. The minimum atomic E-state index is -0.750. The second kappa shape index (κ2) is 17.0. The Kier molecular flexibility index (Phi) is 12.6. The number of hydrogen-bond acceptors (Lipinski definition) is 8. The van der Waals surface area contributed by atoms with Gasteiger partial charge in [0, 0.05) is 25.0 Å². The minimum Gasteiger partial charge on any atom is -0.487 e. The van der Waals surface area contributed by atoms with Gasteiger partial charge in [-0.25, -0.2) is 14.4 Å². The van der Waals surface area contributed by atoms with Gasteiger partial charge in [0.25, 0.3) is 0 Å². The zero-order valence-electron chi connectivity index (χ0n) is 26.6. The first kappa shape index (κ1) is 34.0.